The highest BCUT2D eigenvalue weighted by Gasteiger charge is 2.04. The zero-order chi connectivity index (χ0) is 9.91. The summed E-state index contributed by atoms with van der Waals surface area (Å²) in [6.45, 7) is 11.1. The van der Waals surface area contributed by atoms with E-state index < -0.39 is 0 Å². The molecule has 0 aliphatic rings. The van der Waals surface area contributed by atoms with Crippen LogP contribution in [-0.2, 0) is 9.59 Å². The summed E-state index contributed by atoms with van der Waals surface area (Å²) in [5.41, 5.74) is -0.139. The molecule has 0 aliphatic carbocycles. The van der Waals surface area contributed by atoms with E-state index in [0.29, 0.717) is 0 Å². The smallest absolute Gasteiger partial charge is 0.125 e. The molecule has 0 unspecified atom stereocenters. The summed E-state index contributed by atoms with van der Waals surface area (Å²) in [5.74, 6) is 0. The van der Waals surface area contributed by atoms with Crippen LogP contribution in [0.15, 0.2) is 0 Å². The van der Waals surface area contributed by atoms with Gasteiger partial charge in [-0.05, 0) is 6.92 Å². The van der Waals surface area contributed by atoms with Gasteiger partial charge < -0.3 is 9.59 Å². The maximum atomic E-state index is 9.83. The van der Waals surface area contributed by atoms with Gasteiger partial charge in [-0.3, -0.25) is 0 Å². The first kappa shape index (κ1) is 22.5. The van der Waals surface area contributed by atoms with Crippen LogP contribution in [0.5, 0.6) is 0 Å². The molecule has 0 fully saturated rings. The predicted octanol–water partition coefficient (Wildman–Crippen LogP) is 3.10. The lowest BCUT2D eigenvalue weighted by molar-refractivity contribution is -0.114. The van der Waals surface area contributed by atoms with Crippen LogP contribution in [0.25, 0.3) is 0 Å². The monoisotopic (exact) mass is 176 g/mol. The molecule has 2 heteroatoms. The van der Waals surface area contributed by atoms with Crippen molar-refractivity contribution in [2.45, 2.75) is 49.0 Å². The topological polar surface area (TPSA) is 34.1 Å². The van der Waals surface area contributed by atoms with Crippen molar-refractivity contribution in [3.8, 4) is 0 Å². The molecule has 76 valence electrons. The van der Waals surface area contributed by atoms with Crippen molar-refractivity contribution >= 4 is 12.6 Å². The highest BCUT2D eigenvalue weighted by atomic mass is 16.1. The second kappa shape index (κ2) is 16.7. The lowest BCUT2D eigenvalue weighted by Crippen LogP contribution is -2.04. The molecule has 2 nitrogen and oxygen atoms in total. The minimum atomic E-state index is -0.139. The van der Waals surface area contributed by atoms with Crippen molar-refractivity contribution in [1.82, 2.24) is 0 Å². The SMILES string of the molecule is C.CC.CC(C)(C)C=O.CC=O. The highest BCUT2D eigenvalue weighted by Crippen LogP contribution is 2.05. The molecule has 0 radical (unpaired) electrons. The van der Waals surface area contributed by atoms with Crippen LogP contribution < -0.4 is 0 Å². The molecule has 12 heavy (non-hydrogen) atoms. The Labute approximate surface area is 77.4 Å². The highest BCUT2D eigenvalue weighted by molar-refractivity contribution is 5.56. The molecule has 0 amide bonds. The standard InChI is InChI=1S/C5H10O.C2H4O.C2H6.CH4/c1-5(2,3)4-6;1-2-3;1-2;/h4H,1-3H3;2H,1H3;1-2H3;1H4. The molecule has 0 bridgehead atoms. The predicted molar refractivity (Wildman–Crippen MR) is 55.3 cm³/mol. The van der Waals surface area contributed by atoms with Crippen molar-refractivity contribution in [1.29, 1.82) is 0 Å². The molecular weight excluding hydrogens is 152 g/mol. The molecule has 0 atom stereocenters. The van der Waals surface area contributed by atoms with E-state index >= 15 is 0 Å². The Bertz CT molecular complexity index is 80.3. The summed E-state index contributed by atoms with van der Waals surface area (Å²) in [5, 5.41) is 0. The molecule has 0 aromatic carbocycles. The Morgan fingerprint density at radius 3 is 1.08 bits per heavy atom. The van der Waals surface area contributed by atoms with Crippen molar-refractivity contribution in [3.05, 3.63) is 0 Å². The van der Waals surface area contributed by atoms with Crippen LogP contribution in [0, 0.1) is 5.41 Å². The summed E-state index contributed by atoms with van der Waals surface area (Å²) in [4.78, 5) is 18.6. The molecule has 0 aromatic rings. The van der Waals surface area contributed by atoms with E-state index in [2.05, 4.69) is 0 Å². The van der Waals surface area contributed by atoms with Crippen molar-refractivity contribution < 1.29 is 9.59 Å². The fraction of sp³-hybridized carbons (Fsp3) is 0.800. The van der Waals surface area contributed by atoms with E-state index in [9.17, 15) is 4.79 Å². The second-order valence-corrected chi connectivity index (χ2v) is 2.72. The summed E-state index contributed by atoms with van der Waals surface area (Å²) in [6.07, 6.45) is 1.69. The van der Waals surface area contributed by atoms with Gasteiger partial charge in [0.1, 0.15) is 12.6 Å². The van der Waals surface area contributed by atoms with Gasteiger partial charge >= 0.3 is 0 Å². The first-order chi connectivity index (χ1) is 4.97. The van der Waals surface area contributed by atoms with Crippen LogP contribution in [0.4, 0.5) is 0 Å². The third-order valence-electron chi connectivity index (χ3n) is 0.354. The van der Waals surface area contributed by atoms with Gasteiger partial charge in [-0.1, -0.05) is 42.0 Å². The van der Waals surface area contributed by atoms with Gasteiger partial charge in [-0.15, -0.1) is 0 Å². The van der Waals surface area contributed by atoms with Crippen LogP contribution in [-0.4, -0.2) is 12.6 Å². The molecule has 0 aromatic heterocycles. The van der Waals surface area contributed by atoms with Gasteiger partial charge in [-0.2, -0.15) is 0 Å². The maximum absolute atomic E-state index is 9.83. The third-order valence-corrected chi connectivity index (χ3v) is 0.354. The quantitative estimate of drug-likeness (QED) is 0.531. The van der Waals surface area contributed by atoms with E-state index in [4.69, 9.17) is 4.79 Å². The number of hydrogen-bond acceptors (Lipinski definition) is 2. The fourth-order valence-corrected chi connectivity index (χ4v) is 0. The molecule has 0 rings (SSSR count). The number of hydrogen-bond donors (Lipinski definition) is 0. The van der Waals surface area contributed by atoms with Gasteiger partial charge in [0, 0.05) is 5.41 Å². The molecule has 0 N–H and O–H groups in total. The second-order valence-electron chi connectivity index (χ2n) is 2.72. The molecule has 0 saturated carbocycles. The minimum absolute atomic E-state index is 0. The third kappa shape index (κ3) is 119. The van der Waals surface area contributed by atoms with Gasteiger partial charge in [0.2, 0.25) is 0 Å². The average molecular weight is 176 g/mol. The van der Waals surface area contributed by atoms with Crippen molar-refractivity contribution in [3.63, 3.8) is 0 Å². The lowest BCUT2D eigenvalue weighted by atomic mass is 10.0. The Morgan fingerprint density at radius 1 is 1.00 bits per heavy atom. The zero-order valence-electron chi connectivity index (χ0n) is 8.47. The number of aldehydes is 2. The number of carbonyl (C=O) groups is 2. The Morgan fingerprint density at radius 2 is 1.08 bits per heavy atom. The van der Waals surface area contributed by atoms with E-state index in [1.165, 1.54) is 6.92 Å². The Hall–Kier alpha value is -0.660. The largest absolute Gasteiger partial charge is 0.304 e. The molecule has 0 saturated heterocycles. The van der Waals surface area contributed by atoms with E-state index in [1.807, 2.05) is 34.6 Å². The average Bonchev–Trinajstić information content (AvgIpc) is 1.93. The minimum Gasteiger partial charge on any atom is -0.304 e. The van der Waals surface area contributed by atoms with Crippen LogP contribution >= 0.6 is 0 Å². The first-order valence-corrected chi connectivity index (χ1v) is 3.84. The van der Waals surface area contributed by atoms with Crippen LogP contribution in [0.1, 0.15) is 49.0 Å². The van der Waals surface area contributed by atoms with E-state index in [-0.39, 0.29) is 12.8 Å². The Balaban J connectivity index is -0.0000000462. The lowest BCUT2D eigenvalue weighted by Gasteiger charge is -2.03. The van der Waals surface area contributed by atoms with Crippen molar-refractivity contribution in [2.75, 3.05) is 0 Å². The van der Waals surface area contributed by atoms with Gasteiger partial charge in [-0.25, -0.2) is 0 Å². The summed E-state index contributed by atoms with van der Waals surface area (Å²) >= 11 is 0. The fourth-order valence-electron chi connectivity index (χ4n) is 0. The summed E-state index contributed by atoms with van der Waals surface area (Å²) in [7, 11) is 0. The van der Waals surface area contributed by atoms with E-state index in [0.717, 1.165) is 12.6 Å². The summed E-state index contributed by atoms with van der Waals surface area (Å²) < 4.78 is 0. The van der Waals surface area contributed by atoms with Crippen LogP contribution in [0.2, 0.25) is 0 Å². The van der Waals surface area contributed by atoms with Crippen molar-refractivity contribution in [2.24, 2.45) is 5.41 Å². The van der Waals surface area contributed by atoms with Gasteiger partial charge in [0.15, 0.2) is 0 Å². The molecule has 0 spiro atoms. The Kier molecular flexibility index (Phi) is 31.4. The number of carbonyl (C=O) groups excluding carboxylic acids is 2. The van der Waals surface area contributed by atoms with E-state index in [1.54, 1.807) is 0 Å². The molecule has 0 heterocycles. The molecular formula is C10H24O2. The van der Waals surface area contributed by atoms with Gasteiger partial charge in [0.05, 0.1) is 0 Å². The van der Waals surface area contributed by atoms with Gasteiger partial charge in [0.25, 0.3) is 0 Å². The maximum Gasteiger partial charge on any atom is 0.125 e. The first-order valence-electron chi connectivity index (χ1n) is 3.84. The molecule has 0 aliphatic heterocycles. The zero-order valence-corrected chi connectivity index (χ0v) is 8.47. The summed E-state index contributed by atoms with van der Waals surface area (Å²) in [6, 6.07) is 0. The number of rotatable bonds is 0. The normalized spacial score (nSPS) is 7.17. The van der Waals surface area contributed by atoms with Crippen LogP contribution in [0.3, 0.4) is 0 Å².